The number of methoxy groups -OCH3 is 1. The SMILES string of the molecule is COc1ccc2c(c1)OCCCC/C=C\CC(C)CN(C[C@@H](O)[C@H](Cc1ccccc1)NC(=O)O[C@H]1CO[C@H]3OCC[C@H]31)S2(=O)=O. The number of nitrogens with zero attached hydrogens (tertiary/aromatic N) is 1. The Hall–Kier alpha value is -3.16. The summed E-state index contributed by atoms with van der Waals surface area (Å²) in [7, 11) is -2.64. The maximum absolute atomic E-state index is 14.4. The van der Waals surface area contributed by atoms with E-state index < -0.39 is 34.4 Å². The number of aliphatic hydroxyl groups excluding tert-OH is 1. The molecule has 46 heavy (non-hydrogen) atoms. The highest BCUT2D eigenvalue weighted by atomic mass is 32.2. The summed E-state index contributed by atoms with van der Waals surface area (Å²) >= 11 is 0. The minimum Gasteiger partial charge on any atom is -0.497 e. The molecule has 12 heteroatoms. The molecule has 1 unspecified atom stereocenters. The summed E-state index contributed by atoms with van der Waals surface area (Å²) < 4.78 is 58.3. The standard InChI is InChI=1S/C34H46N2O9S/c1-24-11-7-4-3-5-10-17-42-30-20-26(41-2)14-15-32(30)46(39,40)36(21-24)22-29(37)28(19-25-12-8-6-9-13-25)35-34(38)45-31-23-44-33-27(31)16-18-43-33/h4,6-9,12-15,20,24,27-29,31,33,37H,3,5,10-11,16-19,21-23H2,1-2H3,(H,35,38)/b7-4-/t24?,27-,28-,29+,31-,33+/m0/s1. The lowest BCUT2D eigenvalue weighted by molar-refractivity contribution is -0.0907. The Morgan fingerprint density at radius 1 is 1.11 bits per heavy atom. The monoisotopic (exact) mass is 658 g/mol. The number of carbonyl (C=O) groups is 1. The fraction of sp³-hybridized carbons (Fsp3) is 0.559. The molecular formula is C34H46N2O9S. The molecule has 11 nitrogen and oxygen atoms in total. The highest BCUT2D eigenvalue weighted by Crippen LogP contribution is 2.34. The van der Waals surface area contributed by atoms with Gasteiger partial charge in [0.15, 0.2) is 6.29 Å². The van der Waals surface area contributed by atoms with Gasteiger partial charge in [0.05, 0.1) is 45.0 Å². The van der Waals surface area contributed by atoms with Gasteiger partial charge in [-0.3, -0.25) is 0 Å². The van der Waals surface area contributed by atoms with Crippen LogP contribution in [0.5, 0.6) is 11.5 Å². The second kappa shape index (κ2) is 16.1. The zero-order chi connectivity index (χ0) is 32.5. The number of fused-ring (bicyclic) bond motifs is 2. The van der Waals surface area contributed by atoms with E-state index in [2.05, 4.69) is 17.5 Å². The molecular weight excluding hydrogens is 612 g/mol. The summed E-state index contributed by atoms with van der Waals surface area (Å²) in [5.41, 5.74) is 0.869. The molecule has 252 valence electrons. The van der Waals surface area contributed by atoms with Crippen molar-refractivity contribution in [1.82, 2.24) is 9.62 Å². The molecule has 2 N–H and O–H groups in total. The number of carbonyl (C=O) groups excluding carboxylic acids is 1. The molecule has 2 fully saturated rings. The first-order valence-corrected chi connectivity index (χ1v) is 17.6. The molecule has 0 saturated carbocycles. The Kier molecular flexibility index (Phi) is 12.0. The third kappa shape index (κ3) is 8.80. The van der Waals surface area contributed by atoms with Gasteiger partial charge in [0, 0.05) is 19.2 Å². The van der Waals surface area contributed by atoms with Gasteiger partial charge in [-0.25, -0.2) is 13.2 Å². The molecule has 0 radical (unpaired) electrons. The van der Waals surface area contributed by atoms with Gasteiger partial charge in [-0.1, -0.05) is 49.4 Å². The van der Waals surface area contributed by atoms with Crippen molar-refractivity contribution in [2.45, 2.75) is 74.9 Å². The van der Waals surface area contributed by atoms with Gasteiger partial charge in [-0.15, -0.1) is 0 Å². The highest BCUT2D eigenvalue weighted by Gasteiger charge is 2.44. The zero-order valence-corrected chi connectivity index (χ0v) is 27.4. The minimum atomic E-state index is -4.15. The zero-order valence-electron chi connectivity index (χ0n) is 26.6. The predicted molar refractivity (Wildman–Crippen MR) is 171 cm³/mol. The molecule has 5 rings (SSSR count). The summed E-state index contributed by atoms with van der Waals surface area (Å²) in [5, 5.41) is 14.6. The van der Waals surface area contributed by atoms with Crippen molar-refractivity contribution in [3.63, 3.8) is 0 Å². The van der Waals surface area contributed by atoms with E-state index in [9.17, 15) is 18.3 Å². The van der Waals surface area contributed by atoms with Crippen LogP contribution in [0, 0.1) is 11.8 Å². The van der Waals surface area contributed by atoms with E-state index >= 15 is 0 Å². The lowest BCUT2D eigenvalue weighted by Gasteiger charge is -2.31. The van der Waals surface area contributed by atoms with Crippen molar-refractivity contribution in [1.29, 1.82) is 0 Å². The maximum atomic E-state index is 14.4. The Labute approximate surface area is 271 Å². The maximum Gasteiger partial charge on any atom is 0.407 e. The predicted octanol–water partition coefficient (Wildman–Crippen LogP) is 4.29. The van der Waals surface area contributed by atoms with Gasteiger partial charge in [0.1, 0.15) is 22.5 Å². The smallest absolute Gasteiger partial charge is 0.407 e. The molecule has 3 aliphatic heterocycles. The van der Waals surface area contributed by atoms with Crippen LogP contribution in [-0.4, -0.2) is 88.5 Å². The van der Waals surface area contributed by atoms with Gasteiger partial charge >= 0.3 is 6.09 Å². The number of rotatable bonds is 8. The molecule has 6 atom stereocenters. The van der Waals surface area contributed by atoms with Crippen LogP contribution in [-0.2, 0) is 30.7 Å². The van der Waals surface area contributed by atoms with Crippen LogP contribution in [0.3, 0.4) is 0 Å². The van der Waals surface area contributed by atoms with Crippen LogP contribution < -0.4 is 14.8 Å². The minimum absolute atomic E-state index is 0.00171. The number of nitrogens with one attached hydrogen (secondary N) is 1. The van der Waals surface area contributed by atoms with E-state index in [-0.39, 0.29) is 54.9 Å². The molecule has 0 aliphatic carbocycles. The molecule has 3 aliphatic rings. The summed E-state index contributed by atoms with van der Waals surface area (Å²) in [6.07, 6.45) is 5.67. The van der Waals surface area contributed by atoms with E-state index in [1.807, 2.05) is 37.3 Å². The molecule has 0 spiro atoms. The van der Waals surface area contributed by atoms with Gasteiger partial charge in [-0.2, -0.15) is 4.31 Å². The topological polar surface area (TPSA) is 133 Å². The van der Waals surface area contributed by atoms with Crippen LogP contribution in [0.4, 0.5) is 4.79 Å². The number of amides is 1. The second-order valence-electron chi connectivity index (χ2n) is 12.3. The summed E-state index contributed by atoms with van der Waals surface area (Å²) in [5.74, 6) is 0.597. The van der Waals surface area contributed by atoms with E-state index in [0.717, 1.165) is 31.2 Å². The van der Waals surface area contributed by atoms with Crippen molar-refractivity contribution < 1.29 is 42.0 Å². The third-order valence-corrected chi connectivity index (χ3v) is 10.6. The highest BCUT2D eigenvalue weighted by molar-refractivity contribution is 7.89. The average Bonchev–Trinajstić information content (AvgIpc) is 3.67. The summed E-state index contributed by atoms with van der Waals surface area (Å²) in [6.45, 7) is 3.01. The van der Waals surface area contributed by atoms with Crippen LogP contribution in [0.1, 0.15) is 44.6 Å². The van der Waals surface area contributed by atoms with E-state index in [1.165, 1.54) is 17.5 Å². The number of hydrogen-bond donors (Lipinski definition) is 2. The van der Waals surface area contributed by atoms with Gasteiger partial charge in [-0.05, 0) is 62.1 Å². The van der Waals surface area contributed by atoms with Crippen LogP contribution in [0.2, 0.25) is 0 Å². The van der Waals surface area contributed by atoms with E-state index in [1.54, 1.807) is 12.1 Å². The van der Waals surface area contributed by atoms with E-state index in [0.29, 0.717) is 25.4 Å². The summed E-state index contributed by atoms with van der Waals surface area (Å²) in [6, 6.07) is 13.2. The second-order valence-corrected chi connectivity index (χ2v) is 14.2. The first kappa shape index (κ1) is 34.2. The fourth-order valence-corrected chi connectivity index (χ4v) is 7.81. The quantitative estimate of drug-likeness (QED) is 0.399. The third-order valence-electron chi connectivity index (χ3n) is 8.71. The van der Waals surface area contributed by atoms with Crippen LogP contribution in [0.15, 0.2) is 65.6 Å². The number of β-amino-alcohol motifs (C(OH)–C–C–N with tert-alkyl or cyclic N) is 1. The average molecular weight is 659 g/mol. The van der Waals surface area contributed by atoms with Crippen molar-refractivity contribution in [2.75, 3.05) is 40.0 Å². The molecule has 2 saturated heterocycles. The van der Waals surface area contributed by atoms with Crippen LogP contribution in [0.25, 0.3) is 0 Å². The van der Waals surface area contributed by atoms with Gasteiger partial charge < -0.3 is 34.1 Å². The fourth-order valence-electron chi connectivity index (χ4n) is 6.12. The first-order valence-electron chi connectivity index (χ1n) is 16.1. The lowest BCUT2D eigenvalue weighted by atomic mass is 10.0. The van der Waals surface area contributed by atoms with Crippen molar-refractivity contribution in [2.24, 2.45) is 11.8 Å². The molecule has 1 amide bonds. The van der Waals surface area contributed by atoms with Crippen molar-refractivity contribution in [3.8, 4) is 11.5 Å². The Balaban J connectivity index is 1.40. The number of ether oxygens (including phenoxy) is 5. The Morgan fingerprint density at radius 2 is 1.93 bits per heavy atom. The largest absolute Gasteiger partial charge is 0.497 e. The van der Waals surface area contributed by atoms with Gasteiger partial charge in [0.2, 0.25) is 10.0 Å². The molecule has 2 aromatic carbocycles. The molecule has 0 bridgehead atoms. The number of hydrogen-bond acceptors (Lipinski definition) is 9. The normalized spacial score (nSPS) is 27.2. The summed E-state index contributed by atoms with van der Waals surface area (Å²) in [4.78, 5) is 13.2. The van der Waals surface area contributed by atoms with Crippen LogP contribution >= 0.6 is 0 Å². The van der Waals surface area contributed by atoms with Crippen molar-refractivity contribution in [3.05, 3.63) is 66.2 Å². The number of allylic oxidation sites excluding steroid dienone is 2. The molecule has 2 aromatic rings. The number of alkyl carbamates (subject to hydrolysis) is 1. The van der Waals surface area contributed by atoms with Crippen molar-refractivity contribution >= 4 is 16.1 Å². The number of aliphatic hydroxyl groups is 1. The molecule has 0 aromatic heterocycles. The number of benzene rings is 2. The van der Waals surface area contributed by atoms with E-state index in [4.69, 9.17) is 23.7 Å². The lowest BCUT2D eigenvalue weighted by Crippen LogP contribution is -2.51. The van der Waals surface area contributed by atoms with Gasteiger partial charge in [0.25, 0.3) is 0 Å². The Bertz CT molecular complexity index is 1420. The molecule has 3 heterocycles. The number of sulfonamides is 1. The Morgan fingerprint density at radius 3 is 2.74 bits per heavy atom. The first-order chi connectivity index (χ1) is 22.2.